The van der Waals surface area contributed by atoms with E-state index in [1.165, 1.54) is 16.3 Å². The molecule has 0 radical (unpaired) electrons. The average molecular weight is 361 g/mol. The van der Waals surface area contributed by atoms with E-state index < -0.39 is 0 Å². The Balaban J connectivity index is 1.59. The molecule has 27 heavy (non-hydrogen) atoms. The van der Waals surface area contributed by atoms with Crippen LogP contribution in [-0.4, -0.2) is 15.7 Å². The monoisotopic (exact) mass is 361 g/mol. The van der Waals surface area contributed by atoms with Crippen LogP contribution in [0.25, 0.3) is 11.3 Å². The van der Waals surface area contributed by atoms with Crippen LogP contribution >= 0.6 is 0 Å². The van der Waals surface area contributed by atoms with E-state index in [0.29, 0.717) is 19.4 Å². The molecule has 1 amide bonds. The van der Waals surface area contributed by atoms with Gasteiger partial charge in [0.05, 0.1) is 5.69 Å². The van der Waals surface area contributed by atoms with Gasteiger partial charge in [-0.05, 0) is 38.5 Å². The summed E-state index contributed by atoms with van der Waals surface area (Å²) in [6.45, 7) is 4.43. The lowest BCUT2D eigenvalue weighted by Crippen LogP contribution is -2.23. The van der Waals surface area contributed by atoms with Crippen molar-refractivity contribution in [2.75, 3.05) is 5.32 Å². The number of nitrogens with zero attached hydrogens (tertiary/aromatic N) is 2. The first-order chi connectivity index (χ1) is 13.0. The lowest BCUT2D eigenvalue weighted by Gasteiger charge is -2.08. The maximum Gasteiger partial charge on any atom is 0.266 e. The van der Waals surface area contributed by atoms with E-state index in [9.17, 15) is 9.59 Å². The number of anilines is 1. The third kappa shape index (κ3) is 5.14. The first-order valence-electron chi connectivity index (χ1n) is 9.03. The van der Waals surface area contributed by atoms with Crippen molar-refractivity contribution in [3.05, 3.63) is 82.1 Å². The molecule has 1 N–H and O–H groups in total. The van der Waals surface area contributed by atoms with Crippen LogP contribution in [0.5, 0.6) is 0 Å². The number of rotatable bonds is 6. The predicted octanol–water partition coefficient (Wildman–Crippen LogP) is 3.95. The zero-order chi connectivity index (χ0) is 19.2. The van der Waals surface area contributed by atoms with Gasteiger partial charge in [0.2, 0.25) is 5.91 Å². The van der Waals surface area contributed by atoms with Gasteiger partial charge in [0.1, 0.15) is 0 Å². The standard InChI is InChI=1S/C22H23N3O2/c1-16-5-9-18(10-6-16)20-13-14-22(27)25(24-20)15-3-4-21(26)23-19-11-7-17(2)8-12-19/h5-14H,3-4,15H2,1-2H3,(H,23,26). The number of carbonyl (C=O) groups is 1. The van der Waals surface area contributed by atoms with Gasteiger partial charge in [-0.1, -0.05) is 47.5 Å². The van der Waals surface area contributed by atoms with Crippen LogP contribution in [0.2, 0.25) is 0 Å². The highest BCUT2D eigenvalue weighted by molar-refractivity contribution is 5.90. The third-order valence-corrected chi connectivity index (χ3v) is 4.32. The number of nitrogens with one attached hydrogen (secondary N) is 1. The summed E-state index contributed by atoms with van der Waals surface area (Å²) in [5.74, 6) is -0.0680. The lowest BCUT2D eigenvalue weighted by atomic mass is 10.1. The molecule has 0 aliphatic rings. The second-order valence-corrected chi connectivity index (χ2v) is 6.66. The molecule has 138 valence electrons. The molecular formula is C22H23N3O2. The molecule has 0 fully saturated rings. The maximum absolute atomic E-state index is 12.1. The Labute approximate surface area is 158 Å². The van der Waals surface area contributed by atoms with Crippen molar-refractivity contribution in [3.8, 4) is 11.3 Å². The van der Waals surface area contributed by atoms with Gasteiger partial charge in [0.25, 0.3) is 5.56 Å². The van der Waals surface area contributed by atoms with E-state index in [4.69, 9.17) is 0 Å². The number of hydrogen-bond donors (Lipinski definition) is 1. The quantitative estimate of drug-likeness (QED) is 0.723. The molecule has 1 aromatic heterocycles. The normalized spacial score (nSPS) is 10.6. The molecular weight excluding hydrogens is 338 g/mol. The number of hydrogen-bond acceptors (Lipinski definition) is 3. The minimum absolute atomic E-state index is 0.0680. The van der Waals surface area contributed by atoms with Gasteiger partial charge in [0, 0.05) is 30.3 Å². The van der Waals surface area contributed by atoms with Crippen LogP contribution in [0.15, 0.2) is 65.5 Å². The number of aryl methyl sites for hydroxylation is 3. The summed E-state index contributed by atoms with van der Waals surface area (Å²) >= 11 is 0. The van der Waals surface area contributed by atoms with Crippen LogP contribution in [-0.2, 0) is 11.3 Å². The fraction of sp³-hybridized carbons (Fsp3) is 0.227. The molecule has 1 heterocycles. The summed E-state index contributed by atoms with van der Waals surface area (Å²) in [7, 11) is 0. The Bertz CT molecular complexity index is 974. The van der Waals surface area contributed by atoms with Crippen LogP contribution in [0.1, 0.15) is 24.0 Å². The van der Waals surface area contributed by atoms with Gasteiger partial charge in [-0.3, -0.25) is 9.59 Å². The fourth-order valence-electron chi connectivity index (χ4n) is 2.74. The Morgan fingerprint density at radius 1 is 0.926 bits per heavy atom. The van der Waals surface area contributed by atoms with E-state index in [1.807, 2.05) is 62.4 Å². The number of carbonyl (C=O) groups excluding carboxylic acids is 1. The molecule has 5 heteroatoms. The van der Waals surface area contributed by atoms with Gasteiger partial charge < -0.3 is 5.32 Å². The summed E-state index contributed by atoms with van der Waals surface area (Å²) in [5.41, 5.74) is 4.65. The second kappa shape index (κ2) is 8.45. The molecule has 3 aromatic rings. The van der Waals surface area contributed by atoms with Crippen molar-refractivity contribution in [1.29, 1.82) is 0 Å². The molecule has 0 unspecified atom stereocenters. The van der Waals surface area contributed by atoms with E-state index in [-0.39, 0.29) is 11.5 Å². The second-order valence-electron chi connectivity index (χ2n) is 6.66. The summed E-state index contributed by atoms with van der Waals surface area (Å²) in [4.78, 5) is 24.1. The van der Waals surface area contributed by atoms with Crippen LogP contribution in [0.4, 0.5) is 5.69 Å². The molecule has 0 atom stereocenters. The number of aromatic nitrogens is 2. The SMILES string of the molecule is Cc1ccc(NC(=O)CCCn2nc(-c3ccc(C)cc3)ccc2=O)cc1. The molecule has 2 aromatic carbocycles. The summed E-state index contributed by atoms with van der Waals surface area (Å²) < 4.78 is 1.42. The molecule has 0 saturated carbocycles. The van der Waals surface area contributed by atoms with E-state index >= 15 is 0 Å². The smallest absolute Gasteiger partial charge is 0.266 e. The van der Waals surface area contributed by atoms with E-state index in [2.05, 4.69) is 10.4 Å². The minimum Gasteiger partial charge on any atom is -0.326 e. The number of amides is 1. The van der Waals surface area contributed by atoms with Gasteiger partial charge in [-0.15, -0.1) is 0 Å². The molecule has 0 bridgehead atoms. The van der Waals surface area contributed by atoms with Gasteiger partial charge in [-0.2, -0.15) is 5.10 Å². The Kier molecular flexibility index (Phi) is 5.81. The molecule has 0 aliphatic carbocycles. The molecule has 0 spiro atoms. The molecule has 0 saturated heterocycles. The largest absolute Gasteiger partial charge is 0.326 e. The minimum atomic E-state index is -0.162. The topological polar surface area (TPSA) is 64.0 Å². The molecule has 5 nitrogen and oxygen atoms in total. The van der Waals surface area contributed by atoms with Gasteiger partial charge in [-0.25, -0.2) is 4.68 Å². The van der Waals surface area contributed by atoms with E-state index in [1.54, 1.807) is 6.07 Å². The van der Waals surface area contributed by atoms with Gasteiger partial charge >= 0.3 is 0 Å². The Morgan fingerprint density at radius 3 is 2.22 bits per heavy atom. The average Bonchev–Trinajstić information content (AvgIpc) is 2.66. The van der Waals surface area contributed by atoms with Crippen molar-refractivity contribution in [1.82, 2.24) is 9.78 Å². The van der Waals surface area contributed by atoms with Gasteiger partial charge in [0.15, 0.2) is 0 Å². The Hall–Kier alpha value is -3.21. The molecule has 3 rings (SSSR count). The number of benzene rings is 2. The van der Waals surface area contributed by atoms with Crippen molar-refractivity contribution < 1.29 is 4.79 Å². The maximum atomic E-state index is 12.1. The highest BCUT2D eigenvalue weighted by Crippen LogP contribution is 2.16. The molecule has 0 aliphatic heterocycles. The summed E-state index contributed by atoms with van der Waals surface area (Å²) in [5, 5.41) is 7.30. The van der Waals surface area contributed by atoms with Crippen molar-refractivity contribution in [2.45, 2.75) is 33.2 Å². The van der Waals surface area contributed by atoms with E-state index in [0.717, 1.165) is 22.5 Å². The third-order valence-electron chi connectivity index (χ3n) is 4.32. The fourth-order valence-corrected chi connectivity index (χ4v) is 2.74. The zero-order valence-electron chi connectivity index (χ0n) is 15.6. The zero-order valence-corrected chi connectivity index (χ0v) is 15.6. The first-order valence-corrected chi connectivity index (χ1v) is 9.03. The predicted molar refractivity (Wildman–Crippen MR) is 108 cm³/mol. The van der Waals surface area contributed by atoms with Crippen LogP contribution in [0, 0.1) is 13.8 Å². The summed E-state index contributed by atoms with van der Waals surface area (Å²) in [6.07, 6.45) is 0.874. The first kappa shape index (κ1) is 18.6. The van der Waals surface area contributed by atoms with Crippen molar-refractivity contribution >= 4 is 11.6 Å². The van der Waals surface area contributed by atoms with Crippen molar-refractivity contribution in [3.63, 3.8) is 0 Å². The van der Waals surface area contributed by atoms with Crippen molar-refractivity contribution in [2.24, 2.45) is 0 Å². The lowest BCUT2D eigenvalue weighted by molar-refractivity contribution is -0.116. The summed E-state index contributed by atoms with van der Waals surface area (Å²) in [6, 6.07) is 18.9. The highest BCUT2D eigenvalue weighted by Gasteiger charge is 2.06. The van der Waals surface area contributed by atoms with Crippen LogP contribution in [0.3, 0.4) is 0 Å². The van der Waals surface area contributed by atoms with Crippen LogP contribution < -0.4 is 10.9 Å². The highest BCUT2D eigenvalue weighted by atomic mass is 16.1. The Morgan fingerprint density at radius 2 is 1.56 bits per heavy atom.